The van der Waals surface area contributed by atoms with Crippen molar-refractivity contribution in [3.05, 3.63) is 135 Å². The van der Waals surface area contributed by atoms with Gasteiger partial charge in [-0.2, -0.15) is 0 Å². The lowest BCUT2D eigenvalue weighted by Crippen LogP contribution is -2.23. The number of allylic oxidation sites excluding steroid dienone is 1. The van der Waals surface area contributed by atoms with E-state index in [-0.39, 0.29) is 0 Å². The molecule has 0 unspecified atom stereocenters. The molecular formula is C34H25BF2N2. The molecule has 6 aromatic rings. The van der Waals surface area contributed by atoms with E-state index in [1.54, 1.807) is 12.1 Å². The van der Waals surface area contributed by atoms with Crippen molar-refractivity contribution in [1.82, 2.24) is 4.48 Å². The number of rotatable bonds is 3. The Labute approximate surface area is 225 Å². The summed E-state index contributed by atoms with van der Waals surface area (Å²) in [5.41, 5.74) is 6.05. The molecule has 2 heterocycles. The third-order valence-corrected chi connectivity index (χ3v) is 7.85. The summed E-state index contributed by atoms with van der Waals surface area (Å²) in [6.45, 7) is 6.15. The Morgan fingerprint density at radius 3 is 2.05 bits per heavy atom. The SMILES string of the molecule is Cc1cc(C)c(/C(=C2\C=c3c(c4cc5ccccc5cc4c4ccccc34)=N2)c2cccn2B(F)F)c(C)c1. The molecule has 0 amide bonds. The fourth-order valence-electron chi connectivity index (χ4n) is 6.31. The molecule has 2 nitrogen and oxygen atoms in total. The highest BCUT2D eigenvalue weighted by molar-refractivity contribution is 6.41. The standard InChI is InChI=1S/C34H25BF2N2/c1-20-15-21(2)32(22(3)16-20)33(31-13-8-14-39(31)35(36)37)30-19-29-26-12-7-6-11-25(26)27-17-23-9-4-5-10-24(23)18-28(27)34(29)38-30/h4-19H,1-3H3/b33-30+. The lowest BCUT2D eigenvalue weighted by Gasteiger charge is -2.18. The van der Waals surface area contributed by atoms with E-state index >= 15 is 0 Å². The molecule has 39 heavy (non-hydrogen) atoms. The van der Waals surface area contributed by atoms with Crippen LogP contribution < -0.4 is 10.6 Å². The van der Waals surface area contributed by atoms with E-state index in [9.17, 15) is 8.63 Å². The Bertz CT molecular complexity index is 2110. The molecule has 0 radical (unpaired) electrons. The van der Waals surface area contributed by atoms with Crippen LogP contribution in [0.4, 0.5) is 8.63 Å². The van der Waals surface area contributed by atoms with Gasteiger partial charge in [0.1, 0.15) is 0 Å². The van der Waals surface area contributed by atoms with E-state index in [0.29, 0.717) is 11.4 Å². The predicted octanol–water partition coefficient (Wildman–Crippen LogP) is 7.52. The van der Waals surface area contributed by atoms with Crippen molar-refractivity contribution in [1.29, 1.82) is 0 Å². The Morgan fingerprint density at radius 2 is 1.36 bits per heavy atom. The Kier molecular flexibility index (Phi) is 5.31. The van der Waals surface area contributed by atoms with Crippen molar-refractivity contribution in [2.24, 2.45) is 4.99 Å². The topological polar surface area (TPSA) is 17.3 Å². The molecule has 1 aliphatic heterocycles. The van der Waals surface area contributed by atoms with Crippen LogP contribution in [0.5, 0.6) is 0 Å². The molecular weight excluding hydrogens is 485 g/mol. The molecule has 0 aliphatic carbocycles. The monoisotopic (exact) mass is 510 g/mol. The van der Waals surface area contributed by atoms with Crippen LogP contribution in [0.15, 0.2) is 102 Å². The van der Waals surface area contributed by atoms with E-state index in [2.05, 4.69) is 73.7 Å². The molecule has 1 aliphatic rings. The van der Waals surface area contributed by atoms with E-state index in [4.69, 9.17) is 4.99 Å². The first kappa shape index (κ1) is 23.6. The largest absolute Gasteiger partial charge is 0.677 e. The lowest BCUT2D eigenvalue weighted by atomic mass is 9.90. The van der Waals surface area contributed by atoms with Gasteiger partial charge in [0.15, 0.2) is 0 Å². The number of aryl methyl sites for hydroxylation is 3. The number of nitrogens with zero attached hydrogens (tertiary/aromatic N) is 2. The van der Waals surface area contributed by atoms with Gasteiger partial charge in [-0.3, -0.25) is 8.63 Å². The summed E-state index contributed by atoms with van der Waals surface area (Å²) in [7, 11) is -2.66. The first-order valence-corrected chi connectivity index (χ1v) is 13.1. The highest BCUT2D eigenvalue weighted by atomic mass is 19.2. The molecule has 0 saturated carbocycles. The van der Waals surface area contributed by atoms with Crippen molar-refractivity contribution in [3.63, 3.8) is 0 Å². The van der Waals surface area contributed by atoms with Gasteiger partial charge in [-0.15, -0.1) is 0 Å². The van der Waals surface area contributed by atoms with Crippen LogP contribution in [0.1, 0.15) is 27.9 Å². The number of hydrogen-bond acceptors (Lipinski definition) is 1. The zero-order chi connectivity index (χ0) is 26.8. The zero-order valence-corrected chi connectivity index (χ0v) is 22.0. The summed E-state index contributed by atoms with van der Waals surface area (Å²) in [5.74, 6) is 0. The molecule has 188 valence electrons. The maximum atomic E-state index is 14.2. The molecule has 0 bridgehead atoms. The first-order chi connectivity index (χ1) is 18.9. The highest BCUT2D eigenvalue weighted by Crippen LogP contribution is 2.36. The van der Waals surface area contributed by atoms with Crippen molar-refractivity contribution in [2.45, 2.75) is 20.8 Å². The number of aromatic nitrogens is 1. The Morgan fingerprint density at radius 1 is 0.718 bits per heavy atom. The molecule has 0 spiro atoms. The molecule has 5 heteroatoms. The fourth-order valence-corrected chi connectivity index (χ4v) is 6.31. The van der Waals surface area contributed by atoms with Crippen LogP contribution in [-0.2, 0) is 0 Å². The van der Waals surface area contributed by atoms with Crippen LogP contribution in [0, 0.1) is 20.8 Å². The van der Waals surface area contributed by atoms with Crippen LogP contribution in [0.3, 0.4) is 0 Å². The number of fused-ring (bicyclic) bond motifs is 7. The maximum Gasteiger partial charge on any atom is 0.677 e. The normalized spacial score (nSPS) is 14.0. The van der Waals surface area contributed by atoms with Gasteiger partial charge in [-0.1, -0.05) is 66.2 Å². The Balaban J connectivity index is 1.67. The van der Waals surface area contributed by atoms with Gasteiger partial charge in [0.2, 0.25) is 0 Å². The number of halogens is 2. The van der Waals surface area contributed by atoms with Crippen molar-refractivity contribution in [3.8, 4) is 0 Å². The third-order valence-electron chi connectivity index (χ3n) is 7.85. The summed E-state index contributed by atoms with van der Waals surface area (Å²) in [6.07, 6.45) is 3.53. The maximum absolute atomic E-state index is 14.2. The molecule has 0 saturated heterocycles. The van der Waals surface area contributed by atoms with Gasteiger partial charge >= 0.3 is 7.40 Å². The average molecular weight is 510 g/mol. The molecule has 7 rings (SSSR count). The summed E-state index contributed by atoms with van der Waals surface area (Å²) in [5, 5.41) is 8.70. The van der Waals surface area contributed by atoms with Crippen LogP contribution in [0.25, 0.3) is 44.0 Å². The lowest BCUT2D eigenvalue weighted by molar-refractivity contribution is 0.628. The van der Waals surface area contributed by atoms with Gasteiger partial charge in [0, 0.05) is 21.9 Å². The minimum Gasteiger partial charge on any atom is -0.332 e. The fraction of sp³-hybridized carbons (Fsp3) is 0.0882. The van der Waals surface area contributed by atoms with Crippen LogP contribution in [-0.4, -0.2) is 11.9 Å². The smallest absolute Gasteiger partial charge is 0.332 e. The van der Waals surface area contributed by atoms with Gasteiger partial charge in [0.05, 0.1) is 11.1 Å². The quantitative estimate of drug-likeness (QED) is 0.133. The molecule has 0 atom stereocenters. The molecule has 5 aromatic carbocycles. The van der Waals surface area contributed by atoms with E-state index < -0.39 is 7.40 Å². The van der Waals surface area contributed by atoms with E-state index in [1.807, 2.05) is 26.0 Å². The molecule has 0 N–H and O–H groups in total. The summed E-state index contributed by atoms with van der Waals surface area (Å²) >= 11 is 0. The van der Waals surface area contributed by atoms with E-state index in [0.717, 1.165) is 69.8 Å². The second-order valence-electron chi connectivity index (χ2n) is 10.4. The summed E-state index contributed by atoms with van der Waals surface area (Å²) in [4.78, 5) is 5.24. The second kappa shape index (κ2) is 8.77. The minimum absolute atomic E-state index is 0.460. The van der Waals surface area contributed by atoms with Crippen molar-refractivity contribution >= 4 is 51.4 Å². The van der Waals surface area contributed by atoms with Gasteiger partial charge in [-0.05, 0) is 101 Å². The molecule has 1 aromatic heterocycles. The van der Waals surface area contributed by atoms with Crippen molar-refractivity contribution < 1.29 is 8.63 Å². The first-order valence-electron chi connectivity index (χ1n) is 13.1. The van der Waals surface area contributed by atoms with Crippen LogP contribution in [0.2, 0.25) is 0 Å². The third kappa shape index (κ3) is 3.64. The van der Waals surface area contributed by atoms with Gasteiger partial charge in [-0.25, -0.2) is 4.99 Å². The van der Waals surface area contributed by atoms with Gasteiger partial charge in [0.25, 0.3) is 0 Å². The van der Waals surface area contributed by atoms with E-state index in [1.165, 1.54) is 11.6 Å². The van der Waals surface area contributed by atoms with Crippen molar-refractivity contribution in [2.75, 3.05) is 0 Å². The highest BCUT2D eigenvalue weighted by Gasteiger charge is 2.26. The minimum atomic E-state index is -2.66. The second-order valence-corrected chi connectivity index (χ2v) is 10.4. The molecule has 0 fully saturated rings. The number of hydrogen-bond donors (Lipinski definition) is 0. The number of benzene rings is 5. The zero-order valence-electron chi connectivity index (χ0n) is 22.0. The summed E-state index contributed by atoms with van der Waals surface area (Å²) in [6, 6.07) is 28.8. The Hall–Kier alpha value is -4.51. The average Bonchev–Trinajstić information content (AvgIpc) is 3.58. The van der Waals surface area contributed by atoms with Gasteiger partial charge < -0.3 is 4.48 Å². The predicted molar refractivity (Wildman–Crippen MR) is 159 cm³/mol. The van der Waals surface area contributed by atoms with Crippen LogP contribution >= 0.6 is 0 Å². The summed E-state index contributed by atoms with van der Waals surface area (Å²) < 4.78 is 29.5.